The number of nitrogens with zero attached hydrogens (tertiary/aromatic N) is 3. The Bertz CT molecular complexity index is 1060. The van der Waals surface area contributed by atoms with E-state index in [4.69, 9.17) is 0 Å². The summed E-state index contributed by atoms with van der Waals surface area (Å²) in [7, 11) is 0. The molecular formula is C17H12F3N5S. The molecule has 4 rings (SSSR count). The second-order valence-electron chi connectivity index (χ2n) is 5.65. The van der Waals surface area contributed by atoms with Crippen molar-refractivity contribution >= 4 is 33.2 Å². The summed E-state index contributed by atoms with van der Waals surface area (Å²) < 4.78 is 42.9. The van der Waals surface area contributed by atoms with Crippen LogP contribution in [0.25, 0.3) is 10.2 Å². The number of anilines is 2. The third kappa shape index (κ3) is 2.90. The fourth-order valence-corrected chi connectivity index (χ4v) is 3.40. The van der Waals surface area contributed by atoms with Gasteiger partial charge in [0.15, 0.2) is 0 Å². The number of hydrogen-bond acceptors (Lipinski definition) is 5. The van der Waals surface area contributed by atoms with Gasteiger partial charge in [-0.15, -0.1) is 11.3 Å². The highest BCUT2D eigenvalue weighted by molar-refractivity contribution is 7.18. The maximum absolute atomic E-state index is 14.9. The molecule has 0 fully saturated rings. The van der Waals surface area contributed by atoms with Crippen LogP contribution in [0, 0.1) is 12.7 Å². The van der Waals surface area contributed by atoms with E-state index in [1.807, 2.05) is 13.0 Å². The lowest BCUT2D eigenvalue weighted by molar-refractivity contribution is 0.0333. The van der Waals surface area contributed by atoms with Crippen molar-refractivity contribution in [3.63, 3.8) is 0 Å². The second kappa shape index (κ2) is 6.10. The summed E-state index contributed by atoms with van der Waals surface area (Å²) in [6.45, 7) is 1.87. The molecule has 0 unspecified atom stereocenters. The summed E-state index contributed by atoms with van der Waals surface area (Å²) in [4.78, 5) is 9.47. The lowest BCUT2D eigenvalue weighted by atomic mass is 10.1. The third-order valence-corrected chi connectivity index (χ3v) is 4.70. The summed E-state index contributed by atoms with van der Waals surface area (Å²) in [5, 5.41) is 10.1. The van der Waals surface area contributed by atoms with Gasteiger partial charge in [-0.25, -0.2) is 14.4 Å². The molecule has 1 aromatic carbocycles. The average Bonchev–Trinajstić information content (AvgIpc) is 3.23. The molecule has 2 N–H and O–H groups in total. The van der Waals surface area contributed by atoms with Gasteiger partial charge in [0.25, 0.3) is 0 Å². The molecular weight excluding hydrogens is 363 g/mol. The number of aromatic amines is 1. The fourth-order valence-electron chi connectivity index (χ4n) is 2.52. The molecule has 4 aromatic rings. The molecule has 0 atom stereocenters. The molecule has 0 saturated heterocycles. The number of fused-ring (bicyclic) bond motifs is 1. The zero-order valence-electron chi connectivity index (χ0n) is 13.4. The van der Waals surface area contributed by atoms with Crippen LogP contribution < -0.4 is 5.32 Å². The average molecular weight is 375 g/mol. The van der Waals surface area contributed by atoms with E-state index in [1.165, 1.54) is 17.5 Å². The van der Waals surface area contributed by atoms with Gasteiger partial charge in [0.1, 0.15) is 22.3 Å². The summed E-state index contributed by atoms with van der Waals surface area (Å²) >= 11 is 1.30. The Morgan fingerprint density at radius 2 is 1.88 bits per heavy atom. The van der Waals surface area contributed by atoms with Crippen LogP contribution in [-0.2, 0) is 5.92 Å². The second-order valence-corrected chi connectivity index (χ2v) is 6.88. The highest BCUT2D eigenvalue weighted by Gasteiger charge is 2.38. The van der Waals surface area contributed by atoms with Crippen molar-refractivity contribution in [2.75, 3.05) is 5.32 Å². The van der Waals surface area contributed by atoms with Crippen molar-refractivity contribution in [3.05, 3.63) is 64.7 Å². The van der Waals surface area contributed by atoms with Crippen LogP contribution in [0.5, 0.6) is 0 Å². The van der Waals surface area contributed by atoms with Crippen molar-refractivity contribution in [3.8, 4) is 0 Å². The van der Waals surface area contributed by atoms with E-state index in [0.29, 0.717) is 16.0 Å². The minimum absolute atomic E-state index is 0.250. The summed E-state index contributed by atoms with van der Waals surface area (Å²) in [5.74, 6) is -3.94. The first-order valence-electron chi connectivity index (χ1n) is 7.62. The highest BCUT2D eigenvalue weighted by atomic mass is 32.1. The molecule has 3 aromatic heterocycles. The molecule has 132 valence electrons. The van der Waals surface area contributed by atoms with Crippen LogP contribution in [0.15, 0.2) is 42.6 Å². The first-order valence-corrected chi connectivity index (χ1v) is 8.44. The monoisotopic (exact) mass is 375 g/mol. The number of hydrogen-bond donors (Lipinski definition) is 2. The predicted octanol–water partition coefficient (Wildman–Crippen LogP) is 4.75. The zero-order valence-corrected chi connectivity index (χ0v) is 14.2. The van der Waals surface area contributed by atoms with Crippen LogP contribution in [0.2, 0.25) is 0 Å². The smallest absolute Gasteiger partial charge is 0.325 e. The van der Waals surface area contributed by atoms with Gasteiger partial charge in [-0.1, -0.05) is 0 Å². The summed E-state index contributed by atoms with van der Waals surface area (Å²) in [6, 6.07) is 7.53. The first kappa shape index (κ1) is 16.5. The highest BCUT2D eigenvalue weighted by Crippen LogP contribution is 2.37. The Kier molecular flexibility index (Phi) is 3.87. The lowest BCUT2D eigenvalue weighted by Crippen LogP contribution is -2.19. The number of alkyl halides is 2. The topological polar surface area (TPSA) is 66.5 Å². The van der Waals surface area contributed by atoms with Crippen molar-refractivity contribution in [2.24, 2.45) is 0 Å². The largest absolute Gasteiger partial charge is 0.331 e. The molecule has 26 heavy (non-hydrogen) atoms. The predicted molar refractivity (Wildman–Crippen MR) is 93.4 cm³/mol. The molecule has 0 aliphatic carbocycles. The molecule has 0 saturated carbocycles. The molecule has 0 spiro atoms. The number of thiophene rings is 1. The van der Waals surface area contributed by atoms with E-state index in [-0.39, 0.29) is 11.4 Å². The number of nitrogens with one attached hydrogen (secondary N) is 2. The summed E-state index contributed by atoms with van der Waals surface area (Å²) in [5.41, 5.74) is -0.376. The Hall–Kier alpha value is -2.94. The van der Waals surface area contributed by atoms with Crippen LogP contribution >= 0.6 is 11.3 Å². The number of benzene rings is 1. The van der Waals surface area contributed by atoms with E-state index in [0.717, 1.165) is 29.1 Å². The first-order chi connectivity index (χ1) is 12.4. The third-order valence-electron chi connectivity index (χ3n) is 3.76. The van der Waals surface area contributed by atoms with Crippen LogP contribution in [0.1, 0.15) is 16.3 Å². The van der Waals surface area contributed by atoms with Crippen molar-refractivity contribution in [1.29, 1.82) is 0 Å². The van der Waals surface area contributed by atoms with E-state index in [9.17, 15) is 13.2 Å². The van der Waals surface area contributed by atoms with Gasteiger partial charge in [-0.05, 0) is 37.3 Å². The standard InChI is InChI=1S/C17H12F3N5S/c1-9-8-12-14(22-13-6-7-21-25-13)23-16(24-15(12)26-9)17(19,20)10-2-4-11(18)5-3-10/h2-8H,1H3,(H2,21,22,23,24,25). The van der Waals surface area contributed by atoms with Crippen LogP contribution in [0.4, 0.5) is 24.8 Å². The number of halogens is 3. The van der Waals surface area contributed by atoms with E-state index >= 15 is 0 Å². The molecule has 3 heterocycles. The molecule has 5 nitrogen and oxygen atoms in total. The molecule has 0 aliphatic rings. The number of rotatable bonds is 4. The van der Waals surface area contributed by atoms with Crippen molar-refractivity contribution in [1.82, 2.24) is 20.2 Å². The fraction of sp³-hybridized carbons (Fsp3) is 0.118. The van der Waals surface area contributed by atoms with Crippen LogP contribution in [-0.4, -0.2) is 20.2 Å². The molecule has 9 heteroatoms. The number of H-pyrrole nitrogens is 1. The molecule has 0 bridgehead atoms. The lowest BCUT2D eigenvalue weighted by Gasteiger charge is -2.16. The van der Waals surface area contributed by atoms with Gasteiger partial charge in [-0.3, -0.25) is 5.10 Å². The van der Waals surface area contributed by atoms with Gasteiger partial charge >= 0.3 is 5.92 Å². The van der Waals surface area contributed by atoms with E-state index in [1.54, 1.807) is 6.07 Å². The Balaban J connectivity index is 1.85. The normalized spacial score (nSPS) is 11.8. The quantitative estimate of drug-likeness (QED) is 0.540. The Morgan fingerprint density at radius 1 is 1.12 bits per heavy atom. The molecule has 0 amide bonds. The van der Waals surface area contributed by atoms with Gasteiger partial charge in [0, 0.05) is 16.5 Å². The number of aryl methyl sites for hydroxylation is 1. The van der Waals surface area contributed by atoms with Gasteiger partial charge in [-0.2, -0.15) is 13.9 Å². The van der Waals surface area contributed by atoms with E-state index in [2.05, 4.69) is 25.5 Å². The van der Waals surface area contributed by atoms with E-state index < -0.39 is 17.6 Å². The maximum Gasteiger partial charge on any atom is 0.331 e. The molecule has 0 aliphatic heterocycles. The SMILES string of the molecule is Cc1cc2c(Nc3ccn[nH]3)nc(C(F)(F)c3ccc(F)cc3)nc2s1. The Labute approximate surface area is 149 Å². The number of aromatic nitrogens is 4. The minimum atomic E-state index is -3.47. The van der Waals surface area contributed by atoms with Gasteiger partial charge in [0.2, 0.25) is 5.82 Å². The van der Waals surface area contributed by atoms with Crippen LogP contribution in [0.3, 0.4) is 0 Å². The summed E-state index contributed by atoms with van der Waals surface area (Å²) in [6.07, 6.45) is 1.54. The molecule has 0 radical (unpaired) electrons. The zero-order chi connectivity index (χ0) is 18.3. The van der Waals surface area contributed by atoms with Gasteiger partial charge in [0.05, 0.1) is 11.6 Å². The van der Waals surface area contributed by atoms with Crippen molar-refractivity contribution < 1.29 is 13.2 Å². The minimum Gasteiger partial charge on any atom is -0.325 e. The maximum atomic E-state index is 14.9. The Morgan fingerprint density at radius 3 is 2.58 bits per heavy atom. The van der Waals surface area contributed by atoms with Crippen molar-refractivity contribution in [2.45, 2.75) is 12.8 Å². The van der Waals surface area contributed by atoms with Gasteiger partial charge < -0.3 is 5.32 Å².